The first-order valence-electron chi connectivity index (χ1n) is 11.9. The first kappa shape index (κ1) is 25.9. The lowest BCUT2D eigenvalue weighted by Gasteiger charge is -2.30. The molecule has 0 bridgehead atoms. The van der Waals surface area contributed by atoms with Crippen LogP contribution in [0.25, 0.3) is 0 Å². The van der Waals surface area contributed by atoms with Gasteiger partial charge in [-0.3, -0.25) is 4.79 Å². The fraction of sp³-hybridized carbons (Fsp3) is 0.625. The van der Waals surface area contributed by atoms with Crippen LogP contribution in [0.2, 0.25) is 0 Å². The highest BCUT2D eigenvalue weighted by Crippen LogP contribution is 2.25. The molecule has 10 nitrogen and oxygen atoms in total. The number of ether oxygens (including phenoxy) is 1. The number of benzene rings is 1. The zero-order valence-electron chi connectivity index (χ0n) is 20.4. The average Bonchev–Trinajstić information content (AvgIpc) is 3.28. The normalized spacial score (nSPS) is 15.5. The van der Waals surface area contributed by atoms with Gasteiger partial charge in [0, 0.05) is 25.2 Å². The van der Waals surface area contributed by atoms with E-state index in [2.05, 4.69) is 20.4 Å². The molecule has 10 heteroatoms. The van der Waals surface area contributed by atoms with Crippen LogP contribution in [0.4, 0.5) is 5.95 Å². The van der Waals surface area contributed by atoms with E-state index in [1.807, 2.05) is 32.0 Å². The summed E-state index contributed by atoms with van der Waals surface area (Å²) >= 11 is 0. The molecule has 1 aliphatic rings. The summed E-state index contributed by atoms with van der Waals surface area (Å²) in [6, 6.07) is 5.37. The van der Waals surface area contributed by atoms with Gasteiger partial charge in [-0.15, -0.1) is 0 Å². The monoisotopic (exact) mass is 475 g/mol. The summed E-state index contributed by atoms with van der Waals surface area (Å²) in [7, 11) is 3.95. The third-order valence-electron chi connectivity index (χ3n) is 5.98. The fourth-order valence-corrected chi connectivity index (χ4v) is 4.04. The van der Waals surface area contributed by atoms with E-state index in [4.69, 9.17) is 14.4 Å². The van der Waals surface area contributed by atoms with Crippen molar-refractivity contribution in [1.29, 1.82) is 0 Å². The van der Waals surface area contributed by atoms with Crippen molar-refractivity contribution in [3.8, 4) is 5.75 Å². The van der Waals surface area contributed by atoms with Crippen molar-refractivity contribution >= 4 is 11.9 Å². The van der Waals surface area contributed by atoms with Crippen LogP contribution in [0.15, 0.2) is 22.7 Å². The standard InChI is InChI=1S/C24H37N5O5/c1-17-13-20(6-7-21(17)23(32)25-14-19(31)16-30)33-12-4-5-18-8-10-29(11-9-18)24-26-22(34-27-24)15-28(2)3/h6-7,13,18-19,30-31H,4-5,8-12,14-16H2,1-3H3,(H,25,32). The predicted octanol–water partition coefficient (Wildman–Crippen LogP) is 1.60. The molecule has 1 unspecified atom stereocenters. The number of hydrogen-bond acceptors (Lipinski definition) is 9. The molecule has 0 radical (unpaired) electrons. The Labute approximate surface area is 200 Å². The number of carbonyl (C=O) groups excluding carboxylic acids is 1. The summed E-state index contributed by atoms with van der Waals surface area (Å²) < 4.78 is 11.2. The number of aliphatic hydroxyl groups is 2. The third-order valence-corrected chi connectivity index (χ3v) is 5.98. The molecule has 1 aromatic heterocycles. The number of aryl methyl sites for hydroxylation is 1. The zero-order valence-corrected chi connectivity index (χ0v) is 20.4. The van der Waals surface area contributed by atoms with Gasteiger partial charge in [0.15, 0.2) is 0 Å². The SMILES string of the molecule is Cc1cc(OCCCC2CCN(c3noc(CN(C)C)n3)CC2)ccc1C(=O)NCC(O)CO. The van der Waals surface area contributed by atoms with E-state index in [9.17, 15) is 9.90 Å². The minimum Gasteiger partial charge on any atom is -0.494 e. The summed E-state index contributed by atoms with van der Waals surface area (Å²) in [4.78, 5) is 20.9. The molecule has 1 aromatic carbocycles. The molecule has 188 valence electrons. The van der Waals surface area contributed by atoms with Crippen LogP contribution in [0.3, 0.4) is 0 Å². The van der Waals surface area contributed by atoms with Crippen molar-refractivity contribution in [2.75, 3.05) is 51.8 Å². The van der Waals surface area contributed by atoms with Crippen molar-refractivity contribution < 1.29 is 24.3 Å². The van der Waals surface area contributed by atoms with Gasteiger partial charge in [0.2, 0.25) is 5.89 Å². The maximum atomic E-state index is 12.2. The second kappa shape index (κ2) is 12.7. The van der Waals surface area contributed by atoms with Crippen LogP contribution in [-0.4, -0.2) is 84.2 Å². The van der Waals surface area contributed by atoms with Crippen LogP contribution in [-0.2, 0) is 6.54 Å². The first-order chi connectivity index (χ1) is 16.4. The molecule has 1 atom stereocenters. The van der Waals surface area contributed by atoms with Gasteiger partial charge in [-0.05, 0) is 81.5 Å². The Balaban J connectivity index is 1.35. The summed E-state index contributed by atoms with van der Waals surface area (Å²) in [6.07, 6.45) is 3.33. The highest BCUT2D eigenvalue weighted by molar-refractivity contribution is 5.95. The second-order valence-corrected chi connectivity index (χ2v) is 9.17. The number of nitrogens with one attached hydrogen (secondary N) is 1. The van der Waals surface area contributed by atoms with Crippen molar-refractivity contribution in [3.05, 3.63) is 35.2 Å². The number of rotatable bonds is 12. The highest BCUT2D eigenvalue weighted by atomic mass is 16.5. The number of nitrogens with zero attached hydrogens (tertiary/aromatic N) is 4. The predicted molar refractivity (Wildman–Crippen MR) is 128 cm³/mol. The molecule has 2 heterocycles. The zero-order chi connectivity index (χ0) is 24.5. The second-order valence-electron chi connectivity index (χ2n) is 9.17. The van der Waals surface area contributed by atoms with E-state index in [0.29, 0.717) is 36.5 Å². The van der Waals surface area contributed by atoms with Crippen LogP contribution in [0.1, 0.15) is 47.5 Å². The molecule has 0 aliphatic carbocycles. The molecular formula is C24H37N5O5. The molecule has 2 aromatic rings. The van der Waals surface area contributed by atoms with Crippen molar-refractivity contribution in [2.45, 2.75) is 45.3 Å². The van der Waals surface area contributed by atoms with E-state index in [1.54, 1.807) is 12.1 Å². The third kappa shape index (κ3) is 7.68. The number of anilines is 1. The Bertz CT molecular complexity index is 911. The van der Waals surface area contributed by atoms with Crippen LogP contribution < -0.4 is 15.0 Å². The molecule has 3 N–H and O–H groups in total. The van der Waals surface area contributed by atoms with Gasteiger partial charge < -0.3 is 34.6 Å². The molecule has 1 saturated heterocycles. The maximum Gasteiger partial charge on any atom is 0.266 e. The van der Waals surface area contributed by atoms with Crippen LogP contribution in [0, 0.1) is 12.8 Å². The van der Waals surface area contributed by atoms with Gasteiger partial charge in [-0.2, -0.15) is 4.98 Å². The van der Waals surface area contributed by atoms with Crippen molar-refractivity contribution in [3.63, 3.8) is 0 Å². The smallest absolute Gasteiger partial charge is 0.266 e. The quantitative estimate of drug-likeness (QED) is 0.393. The van der Waals surface area contributed by atoms with E-state index < -0.39 is 6.10 Å². The Morgan fingerprint density at radius 1 is 1.35 bits per heavy atom. The van der Waals surface area contributed by atoms with E-state index in [-0.39, 0.29) is 19.1 Å². The fourth-order valence-electron chi connectivity index (χ4n) is 4.04. The Kier molecular flexibility index (Phi) is 9.67. The first-order valence-corrected chi connectivity index (χ1v) is 11.9. The number of aromatic nitrogens is 2. The molecular weight excluding hydrogens is 438 g/mol. The maximum absolute atomic E-state index is 12.2. The van der Waals surface area contributed by atoms with Gasteiger partial charge in [0.05, 0.1) is 25.9 Å². The summed E-state index contributed by atoms with van der Waals surface area (Å²) in [6.45, 7) is 4.63. The molecule has 3 rings (SSSR count). The summed E-state index contributed by atoms with van der Waals surface area (Å²) in [5.41, 5.74) is 1.33. The minimum atomic E-state index is -0.959. The van der Waals surface area contributed by atoms with E-state index in [1.165, 1.54) is 0 Å². The molecule has 1 fully saturated rings. The summed E-state index contributed by atoms with van der Waals surface area (Å²) in [5, 5.41) is 25.0. The number of piperidine rings is 1. The van der Waals surface area contributed by atoms with Crippen LogP contribution in [0.5, 0.6) is 5.75 Å². The molecule has 0 spiro atoms. The van der Waals surface area contributed by atoms with E-state index >= 15 is 0 Å². The van der Waals surface area contributed by atoms with Gasteiger partial charge in [0.25, 0.3) is 11.9 Å². The van der Waals surface area contributed by atoms with Gasteiger partial charge in [-0.1, -0.05) is 0 Å². The lowest BCUT2D eigenvalue weighted by Crippen LogP contribution is -2.34. The van der Waals surface area contributed by atoms with Gasteiger partial charge in [0.1, 0.15) is 5.75 Å². The lowest BCUT2D eigenvalue weighted by atomic mass is 9.92. The number of carbonyl (C=O) groups is 1. The molecule has 1 aliphatic heterocycles. The highest BCUT2D eigenvalue weighted by Gasteiger charge is 2.22. The minimum absolute atomic E-state index is 0.0124. The van der Waals surface area contributed by atoms with E-state index in [0.717, 1.165) is 50.1 Å². The number of aliphatic hydroxyl groups excluding tert-OH is 2. The van der Waals surface area contributed by atoms with Gasteiger partial charge >= 0.3 is 0 Å². The average molecular weight is 476 g/mol. The Morgan fingerprint density at radius 2 is 2.12 bits per heavy atom. The molecule has 34 heavy (non-hydrogen) atoms. The van der Waals surface area contributed by atoms with Crippen molar-refractivity contribution in [1.82, 2.24) is 20.4 Å². The summed E-state index contributed by atoms with van der Waals surface area (Å²) in [5.74, 6) is 2.46. The van der Waals surface area contributed by atoms with Crippen LogP contribution >= 0.6 is 0 Å². The lowest BCUT2D eigenvalue weighted by molar-refractivity contribution is 0.0801. The van der Waals surface area contributed by atoms with Gasteiger partial charge in [-0.25, -0.2) is 0 Å². The molecule has 1 amide bonds. The number of hydrogen-bond donors (Lipinski definition) is 3. The topological polar surface area (TPSA) is 124 Å². The number of amides is 1. The largest absolute Gasteiger partial charge is 0.494 e. The van der Waals surface area contributed by atoms with Crippen molar-refractivity contribution in [2.24, 2.45) is 5.92 Å². The molecule has 0 saturated carbocycles. The Morgan fingerprint density at radius 3 is 2.79 bits per heavy atom. The Hall–Kier alpha value is -2.69.